The maximum absolute atomic E-state index is 12.6. The zero-order valence-electron chi connectivity index (χ0n) is 19.5. The van der Waals surface area contributed by atoms with E-state index in [1.807, 2.05) is 30.5 Å². The van der Waals surface area contributed by atoms with E-state index in [4.69, 9.17) is 5.11 Å². The monoisotopic (exact) mass is 470 g/mol. The molecule has 0 fully saturated rings. The Morgan fingerprint density at radius 3 is 2.36 bits per heavy atom. The van der Waals surface area contributed by atoms with Crippen molar-refractivity contribution in [1.82, 2.24) is 19.3 Å². The first-order valence-corrected chi connectivity index (χ1v) is 12.2. The zero-order valence-corrected chi connectivity index (χ0v) is 20.3. The number of pyridine rings is 1. The number of nitrogens with one attached hydrogen (secondary N) is 1. The van der Waals surface area contributed by atoms with E-state index in [2.05, 4.69) is 49.2 Å². The van der Waals surface area contributed by atoms with Crippen LogP contribution >= 0.6 is 0 Å². The molecule has 1 aromatic carbocycles. The van der Waals surface area contributed by atoms with E-state index < -0.39 is 16.1 Å². The number of carboxylic acid groups (broad SMARTS) is 1. The number of nitrogens with zero attached hydrogens (tertiary/aromatic N) is 3. The van der Waals surface area contributed by atoms with Gasteiger partial charge in [-0.05, 0) is 35.1 Å². The molecule has 0 unspecified atom stereocenters. The predicted molar refractivity (Wildman–Crippen MR) is 127 cm³/mol. The second-order valence-electron chi connectivity index (χ2n) is 9.53. The molecule has 2 heterocycles. The highest BCUT2D eigenvalue weighted by atomic mass is 32.2. The summed E-state index contributed by atoms with van der Waals surface area (Å²) in [6, 6.07) is 9.29. The Kier molecular flexibility index (Phi) is 6.92. The molecular weight excluding hydrogens is 440 g/mol. The molecule has 2 N–H and O–H groups in total. The number of hydrogen-bond donors (Lipinski definition) is 2. The highest BCUT2D eigenvalue weighted by molar-refractivity contribution is 7.90. The summed E-state index contributed by atoms with van der Waals surface area (Å²) in [5, 5.41) is 8.65. The molecule has 3 rings (SSSR count). The van der Waals surface area contributed by atoms with Crippen LogP contribution < -0.4 is 4.72 Å². The molecule has 0 bridgehead atoms. The van der Waals surface area contributed by atoms with Crippen molar-refractivity contribution in [2.45, 2.75) is 58.0 Å². The van der Waals surface area contributed by atoms with Crippen molar-refractivity contribution < 1.29 is 18.3 Å². The molecule has 8 nitrogen and oxygen atoms in total. The minimum Gasteiger partial charge on any atom is -0.464 e. The standard InChI is InChI=1S/C24H30N4O4S/c1-16(2)12-18-13-20(21(26-14-18)33(31,32)27-23(29)30)19-8-6-17(7-9-19)15-28-11-10-25-22(28)24(3,4)5/h6-11,13-14,16,27H,12,15H2,1-5H3,(H,29,30). The number of aromatic nitrogens is 3. The van der Waals surface area contributed by atoms with Crippen molar-refractivity contribution in [3.8, 4) is 11.1 Å². The third-order valence-electron chi connectivity index (χ3n) is 5.03. The van der Waals surface area contributed by atoms with Gasteiger partial charge in [-0.1, -0.05) is 58.9 Å². The average molecular weight is 471 g/mol. The van der Waals surface area contributed by atoms with Crippen molar-refractivity contribution in [3.63, 3.8) is 0 Å². The Morgan fingerprint density at radius 1 is 1.12 bits per heavy atom. The average Bonchev–Trinajstić information content (AvgIpc) is 3.15. The van der Waals surface area contributed by atoms with Crippen molar-refractivity contribution in [2.24, 2.45) is 5.92 Å². The molecule has 0 radical (unpaired) electrons. The Morgan fingerprint density at radius 2 is 1.79 bits per heavy atom. The molecule has 3 aromatic rings. The van der Waals surface area contributed by atoms with Crippen LogP contribution in [-0.4, -0.2) is 34.2 Å². The second-order valence-corrected chi connectivity index (χ2v) is 11.1. The van der Waals surface area contributed by atoms with E-state index >= 15 is 0 Å². The van der Waals surface area contributed by atoms with Gasteiger partial charge < -0.3 is 9.67 Å². The lowest BCUT2D eigenvalue weighted by molar-refractivity contribution is 0.201. The number of imidazole rings is 1. The topological polar surface area (TPSA) is 114 Å². The highest BCUT2D eigenvalue weighted by Crippen LogP contribution is 2.28. The van der Waals surface area contributed by atoms with Crippen LogP contribution in [0.1, 0.15) is 51.6 Å². The van der Waals surface area contributed by atoms with E-state index in [0.29, 0.717) is 23.6 Å². The molecule has 0 aliphatic rings. The lowest BCUT2D eigenvalue weighted by Crippen LogP contribution is -2.30. The third kappa shape index (κ3) is 5.98. The van der Waals surface area contributed by atoms with Crippen LogP contribution in [0.4, 0.5) is 4.79 Å². The molecule has 2 aromatic heterocycles. The van der Waals surface area contributed by atoms with Crippen molar-refractivity contribution >= 4 is 16.1 Å². The van der Waals surface area contributed by atoms with Gasteiger partial charge >= 0.3 is 6.09 Å². The Bertz CT molecular complexity index is 1240. The van der Waals surface area contributed by atoms with Gasteiger partial charge in [-0.2, -0.15) is 8.42 Å². The molecule has 176 valence electrons. The molecule has 0 spiro atoms. The maximum atomic E-state index is 12.6. The zero-order chi connectivity index (χ0) is 24.4. The summed E-state index contributed by atoms with van der Waals surface area (Å²) in [5.41, 5.74) is 2.83. The number of benzene rings is 1. The van der Waals surface area contributed by atoms with Gasteiger partial charge in [0.2, 0.25) is 0 Å². The first-order valence-electron chi connectivity index (χ1n) is 10.7. The smallest absolute Gasteiger partial charge is 0.418 e. The molecule has 0 aliphatic carbocycles. The predicted octanol–water partition coefficient (Wildman–Crippen LogP) is 4.45. The SMILES string of the molecule is CC(C)Cc1cnc(S(=O)(=O)NC(=O)O)c(-c2ccc(Cn3ccnc3C(C)(C)C)cc2)c1. The number of hydrogen-bond acceptors (Lipinski definition) is 5. The number of amides is 1. The molecule has 0 saturated heterocycles. The van der Waals surface area contributed by atoms with Crippen molar-refractivity contribution in [1.29, 1.82) is 0 Å². The van der Waals surface area contributed by atoms with Crippen LogP contribution in [0.25, 0.3) is 11.1 Å². The summed E-state index contributed by atoms with van der Waals surface area (Å²) < 4.78 is 28.9. The Balaban J connectivity index is 1.99. The molecule has 9 heteroatoms. The van der Waals surface area contributed by atoms with Crippen molar-refractivity contribution in [2.75, 3.05) is 0 Å². The molecule has 0 saturated carbocycles. The third-order valence-corrected chi connectivity index (χ3v) is 6.31. The minimum absolute atomic E-state index is 0.0909. The van der Waals surface area contributed by atoms with Gasteiger partial charge in [-0.15, -0.1) is 0 Å². The van der Waals surface area contributed by atoms with Crippen LogP contribution in [0.3, 0.4) is 0 Å². The summed E-state index contributed by atoms with van der Waals surface area (Å²) in [6.07, 6.45) is 4.28. The van der Waals surface area contributed by atoms with Crippen molar-refractivity contribution in [3.05, 3.63) is 65.9 Å². The maximum Gasteiger partial charge on any atom is 0.418 e. The van der Waals surface area contributed by atoms with Gasteiger partial charge in [-0.25, -0.2) is 19.5 Å². The molecular formula is C24H30N4O4S. The lowest BCUT2D eigenvalue weighted by atomic mass is 9.95. The Labute approximate surface area is 194 Å². The molecule has 1 amide bonds. The van der Waals surface area contributed by atoms with E-state index in [9.17, 15) is 13.2 Å². The summed E-state index contributed by atoms with van der Waals surface area (Å²) in [4.78, 5) is 19.6. The van der Waals surface area contributed by atoms with Crippen LogP contribution in [0, 0.1) is 5.92 Å². The van der Waals surface area contributed by atoms with E-state index in [0.717, 1.165) is 23.4 Å². The van der Waals surface area contributed by atoms with Crippen LogP contribution in [0.5, 0.6) is 0 Å². The summed E-state index contributed by atoms with van der Waals surface area (Å²) in [6.45, 7) is 11.1. The number of carbonyl (C=O) groups is 1. The molecule has 0 atom stereocenters. The number of sulfonamides is 1. The fraction of sp³-hybridized carbons (Fsp3) is 0.375. The van der Waals surface area contributed by atoms with E-state index in [1.54, 1.807) is 17.0 Å². The van der Waals surface area contributed by atoms with Crippen LogP contribution in [0.15, 0.2) is 53.9 Å². The van der Waals surface area contributed by atoms with Gasteiger partial charge in [0, 0.05) is 36.1 Å². The first kappa shape index (κ1) is 24.4. The lowest BCUT2D eigenvalue weighted by Gasteiger charge is -2.20. The Hall–Kier alpha value is -3.20. The van der Waals surface area contributed by atoms with Gasteiger partial charge in [-0.3, -0.25) is 0 Å². The van der Waals surface area contributed by atoms with Gasteiger partial charge in [0.25, 0.3) is 10.0 Å². The van der Waals surface area contributed by atoms with E-state index in [-0.39, 0.29) is 10.4 Å². The normalized spacial score (nSPS) is 12.2. The first-order chi connectivity index (χ1) is 15.4. The summed E-state index contributed by atoms with van der Waals surface area (Å²) in [5.74, 6) is 1.33. The van der Waals surface area contributed by atoms with Crippen LogP contribution in [-0.2, 0) is 28.4 Å². The second kappa shape index (κ2) is 9.35. The quantitative estimate of drug-likeness (QED) is 0.527. The molecule has 33 heavy (non-hydrogen) atoms. The fourth-order valence-electron chi connectivity index (χ4n) is 3.73. The molecule has 0 aliphatic heterocycles. The van der Waals surface area contributed by atoms with E-state index in [1.165, 1.54) is 6.20 Å². The van der Waals surface area contributed by atoms with Gasteiger partial charge in [0.15, 0.2) is 5.03 Å². The highest BCUT2D eigenvalue weighted by Gasteiger charge is 2.24. The van der Waals surface area contributed by atoms with Gasteiger partial charge in [0.1, 0.15) is 5.82 Å². The van der Waals surface area contributed by atoms with Gasteiger partial charge in [0.05, 0.1) is 0 Å². The largest absolute Gasteiger partial charge is 0.464 e. The summed E-state index contributed by atoms with van der Waals surface area (Å²) in [7, 11) is -4.33. The fourth-order valence-corrected chi connectivity index (χ4v) is 4.71. The summed E-state index contributed by atoms with van der Waals surface area (Å²) >= 11 is 0. The number of rotatable bonds is 7. The minimum atomic E-state index is -4.33. The van der Waals surface area contributed by atoms with Crippen LogP contribution in [0.2, 0.25) is 0 Å².